The number of nitrogens with zero attached hydrogens (tertiary/aromatic N) is 2. The average molecular weight is 423 g/mol. The van der Waals surface area contributed by atoms with Crippen LogP contribution in [0.1, 0.15) is 35.3 Å². The number of benzene rings is 1. The molecule has 10 heteroatoms. The van der Waals surface area contributed by atoms with Gasteiger partial charge in [0.05, 0.1) is 12.7 Å². The van der Waals surface area contributed by atoms with Gasteiger partial charge >= 0.3 is 6.36 Å². The Morgan fingerprint density at radius 3 is 2.80 bits per heavy atom. The molecule has 1 atom stereocenters. The zero-order valence-corrected chi connectivity index (χ0v) is 16.1. The highest BCUT2D eigenvalue weighted by atomic mass is 19.4. The third-order valence-corrected chi connectivity index (χ3v) is 4.91. The van der Waals surface area contributed by atoms with Crippen molar-refractivity contribution in [2.24, 2.45) is 0 Å². The zero-order valence-electron chi connectivity index (χ0n) is 16.1. The number of carbonyl (C=O) groups excluding carboxylic acids is 1. The number of alkyl halides is 3. The molecule has 0 spiro atoms. The molecule has 160 valence electrons. The van der Waals surface area contributed by atoms with Crippen LogP contribution in [0.15, 0.2) is 47.4 Å². The van der Waals surface area contributed by atoms with Crippen LogP contribution < -0.4 is 15.5 Å². The highest BCUT2D eigenvalue weighted by Gasteiger charge is 2.35. The molecule has 2 aromatic rings. The first-order valence-corrected chi connectivity index (χ1v) is 9.20. The summed E-state index contributed by atoms with van der Waals surface area (Å²) in [5.41, 5.74) is -1.58. The minimum atomic E-state index is -4.82. The fourth-order valence-electron chi connectivity index (χ4n) is 3.55. The smallest absolute Gasteiger partial charge is 0.503 e. The van der Waals surface area contributed by atoms with Crippen LogP contribution in [0.2, 0.25) is 0 Å². The second-order valence-corrected chi connectivity index (χ2v) is 7.00. The number of allylic oxidation sites excluding steroid dienone is 2. The molecule has 0 aliphatic heterocycles. The number of rotatable bonds is 5. The highest BCUT2D eigenvalue weighted by Crippen LogP contribution is 2.38. The number of ether oxygens (including phenoxy) is 1. The van der Waals surface area contributed by atoms with Crippen molar-refractivity contribution in [1.29, 1.82) is 0 Å². The molecule has 0 saturated heterocycles. The summed E-state index contributed by atoms with van der Waals surface area (Å²) in [7, 11) is 1.33. The molecule has 0 radical (unpaired) electrons. The number of amides is 1. The van der Waals surface area contributed by atoms with Crippen molar-refractivity contribution in [3.63, 3.8) is 0 Å². The minimum absolute atomic E-state index is 0.0941. The first-order chi connectivity index (χ1) is 14.1. The Bertz CT molecular complexity index is 1030. The lowest BCUT2D eigenvalue weighted by Gasteiger charge is -2.34. The zero-order chi connectivity index (χ0) is 21.9. The molecule has 1 amide bonds. The molecule has 1 heterocycles. The maximum Gasteiger partial charge on any atom is 0.573 e. The normalized spacial score (nSPS) is 18.8. The molecule has 1 aromatic heterocycles. The van der Waals surface area contributed by atoms with Crippen LogP contribution in [0.5, 0.6) is 11.5 Å². The number of carbonyl (C=O) groups is 1. The molecule has 0 saturated carbocycles. The van der Waals surface area contributed by atoms with Gasteiger partial charge in [-0.2, -0.15) is 5.10 Å². The summed E-state index contributed by atoms with van der Waals surface area (Å²) in [5.74, 6) is -1.74. The Morgan fingerprint density at radius 1 is 1.40 bits per heavy atom. The molecule has 1 aliphatic carbocycles. The molecule has 0 bridgehead atoms. The Labute approximate surface area is 169 Å². The Kier molecular flexibility index (Phi) is 5.86. The van der Waals surface area contributed by atoms with Gasteiger partial charge in [0.25, 0.3) is 11.3 Å². The van der Waals surface area contributed by atoms with Crippen molar-refractivity contribution in [2.45, 2.75) is 37.6 Å². The van der Waals surface area contributed by atoms with Crippen molar-refractivity contribution < 1.29 is 27.8 Å². The van der Waals surface area contributed by atoms with E-state index in [1.165, 1.54) is 29.9 Å². The van der Waals surface area contributed by atoms with Crippen LogP contribution in [-0.2, 0) is 12.0 Å². The van der Waals surface area contributed by atoms with E-state index in [1.54, 1.807) is 6.07 Å². The molecule has 30 heavy (non-hydrogen) atoms. The lowest BCUT2D eigenvalue weighted by Crippen LogP contribution is -2.35. The van der Waals surface area contributed by atoms with E-state index < -0.39 is 34.6 Å². The Morgan fingerprint density at radius 2 is 2.17 bits per heavy atom. The van der Waals surface area contributed by atoms with Crippen molar-refractivity contribution in [3.8, 4) is 11.5 Å². The second kappa shape index (κ2) is 8.21. The molecule has 1 aliphatic rings. The summed E-state index contributed by atoms with van der Waals surface area (Å²) in [6.45, 7) is 0.0941. The number of aromatic hydroxyl groups is 1. The fraction of sp³-hybridized carbons (Fsp3) is 0.350. The summed E-state index contributed by atoms with van der Waals surface area (Å²) < 4.78 is 43.2. The van der Waals surface area contributed by atoms with E-state index >= 15 is 0 Å². The van der Waals surface area contributed by atoms with Gasteiger partial charge in [-0.25, -0.2) is 0 Å². The van der Waals surface area contributed by atoms with Crippen LogP contribution in [0.4, 0.5) is 13.2 Å². The SMILES string of the molecule is CNC(=O)c1nn(CC2(c3cccc(OC(F)(F)F)c3)C=CCCC2)cc(O)c1=O. The van der Waals surface area contributed by atoms with Gasteiger partial charge in [-0.1, -0.05) is 24.3 Å². The number of aromatic nitrogens is 2. The first kappa shape index (κ1) is 21.4. The van der Waals surface area contributed by atoms with E-state index in [2.05, 4.69) is 15.2 Å². The molecular formula is C20H20F3N3O4. The van der Waals surface area contributed by atoms with Crippen LogP contribution in [-0.4, -0.2) is 34.2 Å². The monoisotopic (exact) mass is 423 g/mol. The molecule has 3 rings (SSSR count). The van der Waals surface area contributed by atoms with Gasteiger partial charge in [0, 0.05) is 12.5 Å². The summed E-state index contributed by atoms with van der Waals surface area (Å²) in [6.07, 6.45) is 2.26. The van der Waals surface area contributed by atoms with E-state index in [9.17, 15) is 27.9 Å². The van der Waals surface area contributed by atoms with Gasteiger partial charge in [-0.15, -0.1) is 13.2 Å². The molecule has 2 N–H and O–H groups in total. The average Bonchev–Trinajstić information content (AvgIpc) is 2.69. The maximum absolute atomic E-state index is 12.6. The quantitative estimate of drug-likeness (QED) is 0.722. The topological polar surface area (TPSA) is 93.5 Å². The van der Waals surface area contributed by atoms with Crippen molar-refractivity contribution in [3.05, 3.63) is 64.1 Å². The number of nitrogens with one attached hydrogen (secondary N) is 1. The molecule has 1 unspecified atom stereocenters. The number of halogens is 3. The highest BCUT2D eigenvalue weighted by molar-refractivity contribution is 5.92. The summed E-state index contributed by atoms with van der Waals surface area (Å²) in [6, 6.07) is 5.67. The third kappa shape index (κ3) is 4.64. The second-order valence-electron chi connectivity index (χ2n) is 7.00. The van der Waals surface area contributed by atoms with E-state index in [0.29, 0.717) is 12.0 Å². The predicted molar refractivity (Wildman–Crippen MR) is 101 cm³/mol. The van der Waals surface area contributed by atoms with Gasteiger partial charge in [-0.3, -0.25) is 14.3 Å². The van der Waals surface area contributed by atoms with Crippen LogP contribution in [0, 0.1) is 0 Å². The van der Waals surface area contributed by atoms with Gasteiger partial charge in [0.2, 0.25) is 0 Å². The largest absolute Gasteiger partial charge is 0.573 e. The first-order valence-electron chi connectivity index (χ1n) is 9.20. The maximum atomic E-state index is 12.6. The van der Waals surface area contributed by atoms with Gasteiger partial charge in [0.1, 0.15) is 5.75 Å². The van der Waals surface area contributed by atoms with Crippen molar-refractivity contribution in [1.82, 2.24) is 15.1 Å². The van der Waals surface area contributed by atoms with E-state index in [4.69, 9.17) is 0 Å². The third-order valence-electron chi connectivity index (χ3n) is 4.91. The Hall–Kier alpha value is -3.30. The fourth-order valence-corrected chi connectivity index (χ4v) is 3.55. The van der Waals surface area contributed by atoms with Crippen LogP contribution in [0.3, 0.4) is 0 Å². The van der Waals surface area contributed by atoms with Gasteiger partial charge < -0.3 is 15.2 Å². The molecule has 1 aromatic carbocycles. The van der Waals surface area contributed by atoms with Gasteiger partial charge in [-0.05, 0) is 37.0 Å². The number of hydrogen-bond acceptors (Lipinski definition) is 5. The molecule has 0 fully saturated rings. The number of hydrogen-bond donors (Lipinski definition) is 2. The van der Waals surface area contributed by atoms with Crippen LogP contribution >= 0.6 is 0 Å². The summed E-state index contributed by atoms with van der Waals surface area (Å²) in [4.78, 5) is 23.9. The minimum Gasteiger partial charge on any atom is -0.503 e. The van der Waals surface area contributed by atoms with E-state index in [0.717, 1.165) is 19.0 Å². The summed E-state index contributed by atoms with van der Waals surface area (Å²) in [5, 5.41) is 16.3. The standard InChI is InChI=1S/C20H20F3N3O4/c1-24-18(29)16-17(28)15(27)11-26(25-16)12-19(8-3-2-4-9-19)13-6-5-7-14(10-13)30-20(21,22)23/h3,5-8,10-11,27H,2,4,9,12H2,1H3,(H,24,29). The summed E-state index contributed by atoms with van der Waals surface area (Å²) >= 11 is 0. The van der Waals surface area contributed by atoms with E-state index in [1.807, 2.05) is 12.2 Å². The van der Waals surface area contributed by atoms with Crippen molar-refractivity contribution in [2.75, 3.05) is 7.05 Å². The predicted octanol–water partition coefficient (Wildman–Crippen LogP) is 2.89. The lowest BCUT2D eigenvalue weighted by atomic mass is 9.73. The van der Waals surface area contributed by atoms with E-state index in [-0.39, 0.29) is 12.3 Å². The van der Waals surface area contributed by atoms with Crippen LogP contribution in [0.25, 0.3) is 0 Å². The molecule has 7 nitrogen and oxygen atoms in total. The van der Waals surface area contributed by atoms with Crippen molar-refractivity contribution >= 4 is 5.91 Å². The lowest BCUT2D eigenvalue weighted by molar-refractivity contribution is -0.274. The molecular weight excluding hydrogens is 403 g/mol. The Balaban J connectivity index is 2.04. The van der Waals surface area contributed by atoms with Gasteiger partial charge in [0.15, 0.2) is 11.4 Å².